The summed E-state index contributed by atoms with van der Waals surface area (Å²) in [4.78, 5) is 4.43. The average molecular weight is 204 g/mol. The van der Waals surface area contributed by atoms with Crippen molar-refractivity contribution < 1.29 is 4.42 Å². The molecule has 2 aromatic rings. The minimum atomic E-state index is -0.432. The van der Waals surface area contributed by atoms with Crippen molar-refractivity contribution in [1.29, 1.82) is 0 Å². The van der Waals surface area contributed by atoms with E-state index < -0.39 is 5.54 Å². The van der Waals surface area contributed by atoms with Crippen LogP contribution in [0, 0.1) is 0 Å². The zero-order chi connectivity index (χ0) is 10.9. The smallest absolute Gasteiger partial charge is 0.215 e. The minimum absolute atomic E-state index is 0.432. The SMILES string of the molecule is CCC(N)(CC)c1nc2ccccc2o1. The molecular weight excluding hydrogens is 188 g/mol. The van der Waals surface area contributed by atoms with Gasteiger partial charge in [-0.25, -0.2) is 4.98 Å². The van der Waals surface area contributed by atoms with Crippen LogP contribution in [0.15, 0.2) is 28.7 Å². The highest BCUT2D eigenvalue weighted by molar-refractivity contribution is 5.72. The van der Waals surface area contributed by atoms with Gasteiger partial charge in [0.1, 0.15) is 5.52 Å². The summed E-state index contributed by atoms with van der Waals surface area (Å²) in [5.74, 6) is 0.647. The monoisotopic (exact) mass is 204 g/mol. The third-order valence-corrected chi connectivity index (χ3v) is 2.98. The fourth-order valence-electron chi connectivity index (χ4n) is 1.64. The number of rotatable bonds is 3. The molecule has 0 radical (unpaired) electrons. The van der Waals surface area contributed by atoms with Crippen molar-refractivity contribution in [2.45, 2.75) is 32.2 Å². The maximum atomic E-state index is 6.23. The summed E-state index contributed by atoms with van der Waals surface area (Å²) in [6, 6.07) is 7.74. The van der Waals surface area contributed by atoms with Crippen molar-refractivity contribution >= 4 is 11.1 Å². The molecule has 1 aromatic carbocycles. The van der Waals surface area contributed by atoms with E-state index >= 15 is 0 Å². The third-order valence-electron chi connectivity index (χ3n) is 2.98. The Morgan fingerprint density at radius 2 is 1.93 bits per heavy atom. The van der Waals surface area contributed by atoms with Crippen LogP contribution in [-0.4, -0.2) is 4.98 Å². The minimum Gasteiger partial charge on any atom is -0.439 e. The number of para-hydroxylation sites is 2. The van der Waals surface area contributed by atoms with E-state index in [9.17, 15) is 0 Å². The summed E-state index contributed by atoms with van der Waals surface area (Å²) in [7, 11) is 0. The first-order valence-electron chi connectivity index (χ1n) is 5.34. The van der Waals surface area contributed by atoms with Gasteiger partial charge in [0.05, 0.1) is 5.54 Å². The van der Waals surface area contributed by atoms with Gasteiger partial charge in [-0.1, -0.05) is 26.0 Å². The van der Waals surface area contributed by atoms with Crippen molar-refractivity contribution in [3.05, 3.63) is 30.2 Å². The van der Waals surface area contributed by atoms with E-state index in [1.54, 1.807) is 0 Å². The number of hydrogen-bond acceptors (Lipinski definition) is 3. The Morgan fingerprint density at radius 3 is 2.53 bits per heavy atom. The summed E-state index contributed by atoms with van der Waals surface area (Å²) >= 11 is 0. The molecule has 0 aliphatic rings. The number of aromatic nitrogens is 1. The number of fused-ring (bicyclic) bond motifs is 1. The molecule has 0 saturated heterocycles. The summed E-state index contributed by atoms with van der Waals surface area (Å²) < 4.78 is 5.68. The molecule has 0 amide bonds. The molecule has 1 aromatic heterocycles. The number of nitrogens with two attached hydrogens (primary N) is 1. The molecule has 2 rings (SSSR count). The van der Waals surface area contributed by atoms with Gasteiger partial charge in [0.2, 0.25) is 5.89 Å². The van der Waals surface area contributed by atoms with Crippen LogP contribution in [0.4, 0.5) is 0 Å². The molecule has 0 atom stereocenters. The highest BCUT2D eigenvalue weighted by atomic mass is 16.3. The van der Waals surface area contributed by atoms with E-state index in [1.165, 1.54) is 0 Å². The van der Waals surface area contributed by atoms with E-state index in [-0.39, 0.29) is 0 Å². The fraction of sp³-hybridized carbons (Fsp3) is 0.417. The number of oxazole rings is 1. The van der Waals surface area contributed by atoms with Crippen LogP contribution in [-0.2, 0) is 5.54 Å². The first kappa shape index (κ1) is 10.2. The van der Waals surface area contributed by atoms with Gasteiger partial charge in [-0.3, -0.25) is 0 Å². The van der Waals surface area contributed by atoms with Gasteiger partial charge < -0.3 is 10.2 Å². The molecule has 80 valence electrons. The predicted molar refractivity (Wildman–Crippen MR) is 60.5 cm³/mol. The summed E-state index contributed by atoms with van der Waals surface area (Å²) in [5, 5.41) is 0. The third kappa shape index (κ3) is 1.63. The lowest BCUT2D eigenvalue weighted by Crippen LogP contribution is -2.35. The fourth-order valence-corrected chi connectivity index (χ4v) is 1.64. The zero-order valence-electron chi connectivity index (χ0n) is 9.16. The lowest BCUT2D eigenvalue weighted by atomic mass is 9.94. The van der Waals surface area contributed by atoms with Gasteiger partial charge in [0.15, 0.2) is 5.58 Å². The zero-order valence-corrected chi connectivity index (χ0v) is 9.16. The Labute approximate surface area is 89.3 Å². The molecule has 0 bridgehead atoms. The molecule has 0 fully saturated rings. The molecule has 0 aliphatic carbocycles. The van der Waals surface area contributed by atoms with E-state index in [1.807, 2.05) is 24.3 Å². The second-order valence-corrected chi connectivity index (χ2v) is 3.85. The van der Waals surface area contributed by atoms with E-state index in [0.29, 0.717) is 5.89 Å². The van der Waals surface area contributed by atoms with Crippen LogP contribution in [0.25, 0.3) is 11.1 Å². The van der Waals surface area contributed by atoms with Crippen molar-refractivity contribution in [3.63, 3.8) is 0 Å². The molecule has 0 saturated carbocycles. The van der Waals surface area contributed by atoms with Crippen molar-refractivity contribution in [1.82, 2.24) is 4.98 Å². The Balaban J connectivity index is 2.52. The number of nitrogens with zero attached hydrogens (tertiary/aromatic N) is 1. The Morgan fingerprint density at radius 1 is 1.27 bits per heavy atom. The van der Waals surface area contributed by atoms with Gasteiger partial charge in [-0.05, 0) is 25.0 Å². The van der Waals surface area contributed by atoms with Crippen LogP contribution < -0.4 is 5.73 Å². The van der Waals surface area contributed by atoms with Crippen LogP contribution in [0.5, 0.6) is 0 Å². The van der Waals surface area contributed by atoms with Gasteiger partial charge >= 0.3 is 0 Å². The standard InChI is InChI=1S/C12H16N2O/c1-3-12(13,4-2)11-14-9-7-5-6-8-10(9)15-11/h5-8H,3-4,13H2,1-2H3. The van der Waals surface area contributed by atoms with Crippen LogP contribution in [0.1, 0.15) is 32.6 Å². The van der Waals surface area contributed by atoms with Crippen LogP contribution in [0.2, 0.25) is 0 Å². The lowest BCUT2D eigenvalue weighted by Gasteiger charge is -2.21. The summed E-state index contributed by atoms with van der Waals surface area (Å²) in [5.41, 5.74) is 7.48. The largest absolute Gasteiger partial charge is 0.439 e. The Bertz CT molecular complexity index is 424. The summed E-state index contributed by atoms with van der Waals surface area (Å²) in [6.07, 6.45) is 1.66. The molecule has 0 spiro atoms. The van der Waals surface area contributed by atoms with E-state index in [0.717, 1.165) is 23.9 Å². The normalized spacial score (nSPS) is 12.2. The first-order chi connectivity index (χ1) is 7.19. The maximum absolute atomic E-state index is 6.23. The molecule has 3 heteroatoms. The van der Waals surface area contributed by atoms with Gasteiger partial charge in [0.25, 0.3) is 0 Å². The van der Waals surface area contributed by atoms with Gasteiger partial charge in [0, 0.05) is 0 Å². The Kier molecular flexibility index (Phi) is 2.49. The van der Waals surface area contributed by atoms with Crippen LogP contribution in [0.3, 0.4) is 0 Å². The molecule has 3 nitrogen and oxygen atoms in total. The second kappa shape index (κ2) is 3.66. The first-order valence-corrected chi connectivity index (χ1v) is 5.34. The maximum Gasteiger partial charge on any atom is 0.215 e. The average Bonchev–Trinajstić information content (AvgIpc) is 2.72. The quantitative estimate of drug-likeness (QED) is 0.836. The number of hydrogen-bond donors (Lipinski definition) is 1. The van der Waals surface area contributed by atoms with Crippen molar-refractivity contribution in [2.75, 3.05) is 0 Å². The molecule has 0 unspecified atom stereocenters. The van der Waals surface area contributed by atoms with Crippen LogP contribution >= 0.6 is 0 Å². The number of benzene rings is 1. The second-order valence-electron chi connectivity index (χ2n) is 3.85. The lowest BCUT2D eigenvalue weighted by molar-refractivity contribution is 0.318. The molecule has 15 heavy (non-hydrogen) atoms. The van der Waals surface area contributed by atoms with Gasteiger partial charge in [-0.2, -0.15) is 0 Å². The molecule has 2 N–H and O–H groups in total. The highest BCUT2D eigenvalue weighted by Crippen LogP contribution is 2.27. The van der Waals surface area contributed by atoms with Gasteiger partial charge in [-0.15, -0.1) is 0 Å². The molecule has 1 heterocycles. The topological polar surface area (TPSA) is 52.0 Å². The van der Waals surface area contributed by atoms with Crippen molar-refractivity contribution in [2.24, 2.45) is 5.73 Å². The molecule has 0 aliphatic heterocycles. The van der Waals surface area contributed by atoms with Crippen molar-refractivity contribution in [3.8, 4) is 0 Å². The van der Waals surface area contributed by atoms with E-state index in [4.69, 9.17) is 10.2 Å². The molecular formula is C12H16N2O. The highest BCUT2D eigenvalue weighted by Gasteiger charge is 2.28. The summed E-state index contributed by atoms with van der Waals surface area (Å²) in [6.45, 7) is 4.11. The van der Waals surface area contributed by atoms with E-state index in [2.05, 4.69) is 18.8 Å². The predicted octanol–water partition coefficient (Wildman–Crippen LogP) is 2.80. The Hall–Kier alpha value is -1.35.